The molecule has 0 amide bonds. The molecule has 0 aromatic rings. The van der Waals surface area contributed by atoms with E-state index in [1.807, 2.05) is 0 Å². The van der Waals surface area contributed by atoms with E-state index in [1.54, 1.807) is 0 Å². The molecule has 0 aromatic carbocycles. The Morgan fingerprint density at radius 2 is 2.12 bits per heavy atom. The smallest absolute Gasteiger partial charge is 0.0704 e. The predicted molar refractivity (Wildman–Crippen MR) is 35.4 cm³/mol. The minimum absolute atomic E-state index is 0.389. The highest BCUT2D eigenvalue weighted by Gasteiger charge is 1.99. The van der Waals surface area contributed by atoms with Crippen molar-refractivity contribution in [2.45, 2.75) is 39.2 Å². The van der Waals surface area contributed by atoms with Crippen LogP contribution in [0, 0.1) is 7.11 Å². The van der Waals surface area contributed by atoms with Gasteiger partial charge >= 0.3 is 0 Å². The summed E-state index contributed by atoms with van der Waals surface area (Å²) in [5, 5.41) is 0. The summed E-state index contributed by atoms with van der Waals surface area (Å²) in [7, 11) is 3.38. The Balaban J connectivity index is 3.07. The van der Waals surface area contributed by atoms with Gasteiger partial charge in [0.05, 0.1) is 13.2 Å². The molecule has 1 atom stereocenters. The third kappa shape index (κ3) is 3.03. The molecule has 1 radical (unpaired) electrons. The third-order valence-electron chi connectivity index (χ3n) is 1.30. The fourth-order valence-electron chi connectivity index (χ4n) is 0.727. The molecule has 0 aliphatic carbocycles. The lowest BCUT2D eigenvalue weighted by molar-refractivity contribution is 0.125. The van der Waals surface area contributed by atoms with Gasteiger partial charge in [0.2, 0.25) is 0 Å². The van der Waals surface area contributed by atoms with Crippen LogP contribution in [0.25, 0.3) is 0 Å². The minimum atomic E-state index is 0.389. The summed E-state index contributed by atoms with van der Waals surface area (Å²) >= 11 is 0. The summed E-state index contributed by atoms with van der Waals surface area (Å²) in [4.78, 5) is 0. The van der Waals surface area contributed by atoms with Crippen LogP contribution in [0.1, 0.15) is 33.1 Å². The molecular formula is C7H15O. The van der Waals surface area contributed by atoms with Crippen molar-refractivity contribution in [2.75, 3.05) is 0 Å². The van der Waals surface area contributed by atoms with Crippen LogP contribution in [0.5, 0.6) is 0 Å². The van der Waals surface area contributed by atoms with E-state index >= 15 is 0 Å². The van der Waals surface area contributed by atoms with E-state index < -0.39 is 0 Å². The highest BCUT2D eigenvalue weighted by Crippen LogP contribution is 2.04. The molecule has 0 saturated carbocycles. The van der Waals surface area contributed by atoms with Crippen LogP contribution in [0.15, 0.2) is 0 Å². The van der Waals surface area contributed by atoms with Gasteiger partial charge in [0, 0.05) is 0 Å². The van der Waals surface area contributed by atoms with Crippen molar-refractivity contribution in [1.29, 1.82) is 0 Å². The summed E-state index contributed by atoms with van der Waals surface area (Å²) in [6, 6.07) is 0. The second kappa shape index (κ2) is 5.10. The number of rotatable bonds is 4. The highest BCUT2D eigenvalue weighted by molar-refractivity contribution is 4.52. The molecule has 8 heavy (non-hydrogen) atoms. The van der Waals surface area contributed by atoms with Gasteiger partial charge in [0.25, 0.3) is 0 Å². The van der Waals surface area contributed by atoms with Crippen LogP contribution < -0.4 is 0 Å². The summed E-state index contributed by atoms with van der Waals surface area (Å²) in [6.45, 7) is 4.27. The Kier molecular flexibility index (Phi) is 5.08. The van der Waals surface area contributed by atoms with Gasteiger partial charge in [-0.25, -0.2) is 0 Å². The molecule has 0 rings (SSSR count). The van der Waals surface area contributed by atoms with Crippen molar-refractivity contribution >= 4 is 0 Å². The average molecular weight is 115 g/mol. The molecule has 49 valence electrons. The maximum atomic E-state index is 4.89. The molecule has 1 heteroatoms. The summed E-state index contributed by atoms with van der Waals surface area (Å²) < 4.78 is 4.89. The maximum Gasteiger partial charge on any atom is 0.0704 e. The van der Waals surface area contributed by atoms with E-state index in [0.29, 0.717) is 6.10 Å². The molecule has 0 saturated heterocycles. The van der Waals surface area contributed by atoms with E-state index in [0.717, 1.165) is 12.8 Å². The van der Waals surface area contributed by atoms with Crippen molar-refractivity contribution in [2.24, 2.45) is 0 Å². The van der Waals surface area contributed by atoms with Crippen molar-refractivity contribution in [3.05, 3.63) is 7.11 Å². The van der Waals surface area contributed by atoms with Crippen LogP contribution in [-0.4, -0.2) is 6.10 Å². The highest BCUT2D eigenvalue weighted by atomic mass is 16.5. The SMILES string of the molecule is [CH2]OC(CC)CCC. The van der Waals surface area contributed by atoms with Crippen LogP contribution in [0.3, 0.4) is 0 Å². The van der Waals surface area contributed by atoms with Gasteiger partial charge in [-0.1, -0.05) is 20.3 Å². The fraction of sp³-hybridized carbons (Fsp3) is 0.857. The Labute approximate surface area is 52.0 Å². The van der Waals surface area contributed by atoms with E-state index in [-0.39, 0.29) is 0 Å². The van der Waals surface area contributed by atoms with Crippen LogP contribution in [-0.2, 0) is 4.74 Å². The summed E-state index contributed by atoms with van der Waals surface area (Å²) in [5.74, 6) is 0. The third-order valence-corrected chi connectivity index (χ3v) is 1.30. The number of ether oxygens (including phenoxy) is 1. The van der Waals surface area contributed by atoms with Crippen molar-refractivity contribution < 1.29 is 4.74 Å². The second-order valence-electron chi connectivity index (χ2n) is 1.99. The number of hydrogen-bond acceptors (Lipinski definition) is 1. The molecule has 0 spiro atoms. The lowest BCUT2D eigenvalue weighted by Gasteiger charge is -2.09. The van der Waals surface area contributed by atoms with Crippen LogP contribution in [0.4, 0.5) is 0 Å². The average Bonchev–Trinajstić information content (AvgIpc) is 1.83. The van der Waals surface area contributed by atoms with Gasteiger partial charge in [-0.05, 0) is 12.8 Å². The Bertz CT molecular complexity index is 39.7. The summed E-state index contributed by atoms with van der Waals surface area (Å²) in [5.41, 5.74) is 0. The van der Waals surface area contributed by atoms with Crippen LogP contribution >= 0.6 is 0 Å². The fourth-order valence-corrected chi connectivity index (χ4v) is 0.727. The van der Waals surface area contributed by atoms with Gasteiger partial charge in [-0.2, -0.15) is 0 Å². The van der Waals surface area contributed by atoms with Crippen molar-refractivity contribution in [3.8, 4) is 0 Å². The normalized spacial score (nSPS) is 13.9. The van der Waals surface area contributed by atoms with E-state index in [4.69, 9.17) is 4.74 Å². The quantitative estimate of drug-likeness (QED) is 0.546. The standard InChI is InChI=1S/C7H15O/c1-4-6-7(5-2)8-3/h7H,3-6H2,1-2H3. The Morgan fingerprint density at radius 1 is 1.50 bits per heavy atom. The Hall–Kier alpha value is -0.0400. The minimum Gasteiger partial charge on any atom is -0.376 e. The first-order chi connectivity index (χ1) is 3.85. The molecule has 0 aliphatic heterocycles. The van der Waals surface area contributed by atoms with E-state index in [1.165, 1.54) is 6.42 Å². The molecule has 0 N–H and O–H groups in total. The molecule has 0 aromatic heterocycles. The first-order valence-electron chi connectivity index (χ1n) is 3.26. The summed E-state index contributed by atoms with van der Waals surface area (Å²) in [6.07, 6.45) is 3.80. The van der Waals surface area contributed by atoms with Gasteiger partial charge in [0.15, 0.2) is 0 Å². The maximum absolute atomic E-state index is 4.89. The topological polar surface area (TPSA) is 9.23 Å². The first-order valence-corrected chi connectivity index (χ1v) is 3.26. The lowest BCUT2D eigenvalue weighted by atomic mass is 10.2. The van der Waals surface area contributed by atoms with Crippen molar-refractivity contribution in [1.82, 2.24) is 0 Å². The molecular weight excluding hydrogens is 100 g/mol. The molecule has 0 fully saturated rings. The largest absolute Gasteiger partial charge is 0.376 e. The molecule has 1 unspecified atom stereocenters. The van der Waals surface area contributed by atoms with Crippen molar-refractivity contribution in [3.63, 3.8) is 0 Å². The Morgan fingerprint density at radius 3 is 2.25 bits per heavy atom. The van der Waals surface area contributed by atoms with Gasteiger partial charge in [0.1, 0.15) is 0 Å². The zero-order chi connectivity index (χ0) is 6.41. The van der Waals surface area contributed by atoms with Crippen LogP contribution in [0.2, 0.25) is 0 Å². The molecule has 0 heterocycles. The zero-order valence-electron chi connectivity index (χ0n) is 5.81. The molecule has 0 bridgehead atoms. The van der Waals surface area contributed by atoms with E-state index in [2.05, 4.69) is 21.0 Å². The second-order valence-corrected chi connectivity index (χ2v) is 1.99. The molecule has 0 aliphatic rings. The lowest BCUT2D eigenvalue weighted by Crippen LogP contribution is -2.05. The number of hydrogen-bond donors (Lipinski definition) is 0. The first kappa shape index (κ1) is 7.96. The van der Waals surface area contributed by atoms with Gasteiger partial charge < -0.3 is 4.74 Å². The van der Waals surface area contributed by atoms with E-state index in [9.17, 15) is 0 Å². The van der Waals surface area contributed by atoms with Gasteiger partial charge in [-0.15, -0.1) is 0 Å². The zero-order valence-corrected chi connectivity index (χ0v) is 5.81. The monoisotopic (exact) mass is 115 g/mol. The molecule has 1 nitrogen and oxygen atoms in total. The predicted octanol–water partition coefficient (Wildman–Crippen LogP) is 2.37. The van der Waals surface area contributed by atoms with Gasteiger partial charge in [-0.3, -0.25) is 0 Å².